The number of hydrogen-bond donors (Lipinski definition) is 1. The molecule has 192 valence electrons. The number of likely N-dealkylation sites (tertiary alicyclic amines) is 2. The molecule has 8 nitrogen and oxygen atoms in total. The van der Waals surface area contributed by atoms with Gasteiger partial charge in [0.05, 0.1) is 24.3 Å². The molecule has 0 radical (unpaired) electrons. The molecule has 2 saturated heterocycles. The first-order valence-corrected chi connectivity index (χ1v) is 12.1. The molecule has 0 bridgehead atoms. The van der Waals surface area contributed by atoms with Crippen molar-refractivity contribution < 1.29 is 27.5 Å². The van der Waals surface area contributed by atoms with E-state index in [1.165, 1.54) is 30.3 Å². The number of halogens is 3. The number of hydrogen-bond acceptors (Lipinski definition) is 4. The van der Waals surface area contributed by atoms with Crippen LogP contribution in [0.1, 0.15) is 29.8 Å². The van der Waals surface area contributed by atoms with Crippen LogP contribution in [0.25, 0.3) is 6.08 Å². The minimum Gasteiger partial charge on any atom is -0.406 e. The summed E-state index contributed by atoms with van der Waals surface area (Å²) in [6, 6.07) is 5.45. The molecule has 11 heteroatoms. The fraction of sp³-hybridized carbons (Fsp3) is 0.480. The Kier molecular flexibility index (Phi) is 6.63. The van der Waals surface area contributed by atoms with E-state index >= 15 is 0 Å². The zero-order valence-corrected chi connectivity index (χ0v) is 19.7. The molecular formula is C25H28F3N5O3. The van der Waals surface area contributed by atoms with E-state index in [4.69, 9.17) is 0 Å². The zero-order chi connectivity index (χ0) is 25.3. The number of aromatic amines is 1. The highest BCUT2D eigenvalue weighted by molar-refractivity contribution is 5.91. The van der Waals surface area contributed by atoms with Crippen molar-refractivity contribution in [3.63, 3.8) is 0 Å². The topological polar surface area (TPSA) is 81.8 Å². The summed E-state index contributed by atoms with van der Waals surface area (Å²) in [5, 5.41) is 0. The van der Waals surface area contributed by atoms with Crippen molar-refractivity contribution in [2.75, 3.05) is 32.7 Å². The van der Waals surface area contributed by atoms with E-state index in [2.05, 4.69) is 14.7 Å². The molecule has 3 aliphatic heterocycles. The Morgan fingerprint density at radius 1 is 1.00 bits per heavy atom. The molecule has 36 heavy (non-hydrogen) atoms. The molecule has 3 amide bonds. The van der Waals surface area contributed by atoms with Gasteiger partial charge in [-0.1, -0.05) is 12.1 Å². The normalized spacial score (nSPS) is 22.4. The molecule has 2 atom stereocenters. The summed E-state index contributed by atoms with van der Waals surface area (Å²) < 4.78 is 40.7. The lowest BCUT2D eigenvalue weighted by atomic mass is 9.92. The predicted molar refractivity (Wildman–Crippen MR) is 125 cm³/mol. The minimum atomic E-state index is -4.74. The number of amides is 3. The van der Waals surface area contributed by atoms with Crippen LogP contribution in [0.4, 0.5) is 18.0 Å². The van der Waals surface area contributed by atoms with Crippen molar-refractivity contribution in [3.8, 4) is 5.75 Å². The minimum absolute atomic E-state index is 0.0749. The van der Waals surface area contributed by atoms with Gasteiger partial charge in [-0.05, 0) is 48.4 Å². The van der Waals surface area contributed by atoms with Crippen molar-refractivity contribution in [1.29, 1.82) is 0 Å². The van der Waals surface area contributed by atoms with Crippen molar-refractivity contribution in [2.45, 2.75) is 32.2 Å². The van der Waals surface area contributed by atoms with Gasteiger partial charge in [0.2, 0.25) is 5.91 Å². The fourth-order valence-corrected chi connectivity index (χ4v) is 5.35. The standard InChI is InChI=1S/C25H28F3N5O3/c26-25(27,28)36-20-4-1-17(2-5-20)3-6-23(34)31-10-7-18-13-33(14-19(18)8-11-31)24(35)32-12-9-21-22(15-32)30-16-29-21/h1-6,16,18-19H,7-15H2,(H,29,30)/b6-3+/t18-,19+. The lowest BCUT2D eigenvalue weighted by Crippen LogP contribution is -2.45. The number of H-pyrrole nitrogens is 1. The van der Waals surface area contributed by atoms with Crippen LogP contribution in [-0.4, -0.2) is 75.7 Å². The maximum Gasteiger partial charge on any atom is 0.573 e. The first-order valence-electron chi connectivity index (χ1n) is 12.1. The van der Waals surface area contributed by atoms with E-state index in [1.54, 1.807) is 12.4 Å². The fourth-order valence-electron chi connectivity index (χ4n) is 5.35. The van der Waals surface area contributed by atoms with Gasteiger partial charge in [-0.2, -0.15) is 0 Å². The van der Waals surface area contributed by atoms with Gasteiger partial charge in [0.1, 0.15) is 5.75 Å². The molecule has 5 rings (SSSR count). The first kappa shape index (κ1) is 24.2. The Balaban J connectivity index is 1.11. The summed E-state index contributed by atoms with van der Waals surface area (Å²) in [6.45, 7) is 3.89. The van der Waals surface area contributed by atoms with Gasteiger partial charge in [0.15, 0.2) is 0 Å². The van der Waals surface area contributed by atoms with Crippen LogP contribution in [0.15, 0.2) is 36.7 Å². The average molecular weight is 504 g/mol. The largest absolute Gasteiger partial charge is 0.573 e. The van der Waals surface area contributed by atoms with Crippen LogP contribution in [0, 0.1) is 11.8 Å². The third-order valence-electron chi connectivity index (χ3n) is 7.28. The monoisotopic (exact) mass is 503 g/mol. The second-order valence-corrected chi connectivity index (χ2v) is 9.56. The second-order valence-electron chi connectivity index (χ2n) is 9.56. The predicted octanol–water partition coefficient (Wildman–Crippen LogP) is 3.67. The summed E-state index contributed by atoms with van der Waals surface area (Å²) in [4.78, 5) is 38.9. The van der Waals surface area contributed by atoms with Gasteiger partial charge < -0.3 is 24.4 Å². The first-order chi connectivity index (χ1) is 17.2. The number of nitrogens with one attached hydrogen (secondary N) is 1. The third kappa shape index (κ3) is 5.50. The maximum atomic E-state index is 13.1. The van der Waals surface area contributed by atoms with Crippen LogP contribution >= 0.6 is 0 Å². The number of carbonyl (C=O) groups excluding carboxylic acids is 2. The highest BCUT2D eigenvalue weighted by atomic mass is 19.4. The van der Waals surface area contributed by atoms with E-state index < -0.39 is 6.36 Å². The zero-order valence-electron chi connectivity index (χ0n) is 19.7. The highest BCUT2D eigenvalue weighted by Crippen LogP contribution is 2.33. The maximum absolute atomic E-state index is 13.1. The molecule has 0 aliphatic carbocycles. The number of urea groups is 1. The van der Waals surface area contributed by atoms with Crippen molar-refractivity contribution in [1.82, 2.24) is 24.7 Å². The molecule has 0 saturated carbocycles. The summed E-state index contributed by atoms with van der Waals surface area (Å²) in [6.07, 6.45) is 2.43. The molecule has 4 heterocycles. The molecule has 0 unspecified atom stereocenters. The average Bonchev–Trinajstić information content (AvgIpc) is 3.44. The van der Waals surface area contributed by atoms with Gasteiger partial charge >= 0.3 is 12.4 Å². The Bertz CT molecular complexity index is 1110. The number of nitrogens with zero attached hydrogens (tertiary/aromatic N) is 4. The lowest BCUT2D eigenvalue weighted by Gasteiger charge is -2.31. The van der Waals surface area contributed by atoms with E-state index in [0.29, 0.717) is 56.7 Å². The number of alkyl halides is 3. The quantitative estimate of drug-likeness (QED) is 0.649. The molecule has 1 aromatic heterocycles. The van der Waals surface area contributed by atoms with Crippen molar-refractivity contribution in [3.05, 3.63) is 53.6 Å². The smallest absolute Gasteiger partial charge is 0.406 e. The molecule has 1 aromatic carbocycles. The number of imidazole rings is 1. The summed E-state index contributed by atoms with van der Waals surface area (Å²) >= 11 is 0. The third-order valence-corrected chi connectivity index (χ3v) is 7.28. The summed E-state index contributed by atoms with van der Waals surface area (Å²) in [5.74, 6) is 0.305. The molecule has 2 aromatic rings. The Morgan fingerprint density at radius 2 is 1.69 bits per heavy atom. The van der Waals surface area contributed by atoms with Crippen molar-refractivity contribution >= 4 is 18.0 Å². The van der Waals surface area contributed by atoms with E-state index in [9.17, 15) is 22.8 Å². The van der Waals surface area contributed by atoms with Crippen LogP contribution in [0.3, 0.4) is 0 Å². The highest BCUT2D eigenvalue weighted by Gasteiger charge is 2.39. The van der Waals surface area contributed by atoms with Gasteiger partial charge in [0, 0.05) is 45.2 Å². The number of rotatable bonds is 3. The van der Waals surface area contributed by atoms with E-state index in [-0.39, 0.29) is 17.7 Å². The summed E-state index contributed by atoms with van der Waals surface area (Å²) in [7, 11) is 0. The Hall–Kier alpha value is -3.50. The van der Waals surface area contributed by atoms with Gasteiger partial charge in [-0.3, -0.25) is 4.79 Å². The molecule has 0 spiro atoms. The molecule has 1 N–H and O–H groups in total. The second kappa shape index (κ2) is 9.87. The van der Waals surface area contributed by atoms with Gasteiger partial charge in [0.25, 0.3) is 0 Å². The van der Waals surface area contributed by atoms with Crippen LogP contribution in [0.2, 0.25) is 0 Å². The van der Waals surface area contributed by atoms with E-state index in [1.807, 2.05) is 14.7 Å². The van der Waals surface area contributed by atoms with Crippen molar-refractivity contribution in [2.24, 2.45) is 11.8 Å². The molecule has 3 aliphatic rings. The van der Waals surface area contributed by atoms with Gasteiger partial charge in [-0.25, -0.2) is 9.78 Å². The SMILES string of the molecule is O=C(/C=C/c1ccc(OC(F)(F)F)cc1)N1CC[C@@H]2CN(C(=O)N3CCc4nc[nH]c4C3)C[C@@H]2CC1. The molecular weight excluding hydrogens is 475 g/mol. The van der Waals surface area contributed by atoms with Crippen LogP contribution in [0.5, 0.6) is 5.75 Å². The molecule has 2 fully saturated rings. The van der Waals surface area contributed by atoms with Crippen LogP contribution in [-0.2, 0) is 17.8 Å². The number of ether oxygens (including phenoxy) is 1. The summed E-state index contributed by atoms with van der Waals surface area (Å²) in [5.41, 5.74) is 2.66. The number of aromatic nitrogens is 2. The number of benzene rings is 1. The lowest BCUT2D eigenvalue weighted by molar-refractivity contribution is -0.274. The van der Waals surface area contributed by atoms with E-state index in [0.717, 1.165) is 30.7 Å². The number of fused-ring (bicyclic) bond motifs is 2. The number of carbonyl (C=O) groups is 2. The Morgan fingerprint density at radius 3 is 2.36 bits per heavy atom. The van der Waals surface area contributed by atoms with Crippen LogP contribution < -0.4 is 4.74 Å². The van der Waals surface area contributed by atoms with Gasteiger partial charge in [-0.15, -0.1) is 13.2 Å². The Labute approximate surface area is 206 Å².